The zero-order valence-corrected chi connectivity index (χ0v) is 10.7. The molecular weight excluding hydrogens is 268 g/mol. The Labute approximate surface area is 103 Å². The quantitative estimate of drug-likeness (QED) is 0.909. The molecule has 1 atom stereocenters. The number of halogens is 1. The maximum Gasteiger partial charge on any atom is 0.141 e. The minimum atomic E-state index is 0.171. The van der Waals surface area contributed by atoms with Crippen LogP contribution < -0.4 is 5.32 Å². The first kappa shape index (κ1) is 11.1. The minimum Gasteiger partial charge on any atom is -0.362 e. The van der Waals surface area contributed by atoms with Crippen molar-refractivity contribution in [1.82, 2.24) is 15.2 Å². The summed E-state index contributed by atoms with van der Waals surface area (Å²) in [7, 11) is 0. The Morgan fingerprint density at radius 2 is 2.31 bits per heavy atom. The van der Waals surface area contributed by atoms with Gasteiger partial charge in [0, 0.05) is 18.0 Å². The number of nitrogens with one attached hydrogen (secondary N) is 2. The zero-order chi connectivity index (χ0) is 11.5. The molecule has 0 aliphatic heterocycles. The molecule has 0 radical (unpaired) electrons. The summed E-state index contributed by atoms with van der Waals surface area (Å²) in [4.78, 5) is 4.30. The maximum atomic E-state index is 4.30. The highest BCUT2D eigenvalue weighted by Gasteiger charge is 2.10. The molecule has 0 spiro atoms. The molecule has 84 valence electrons. The van der Waals surface area contributed by atoms with Crippen LogP contribution in [0.25, 0.3) is 0 Å². The Kier molecular flexibility index (Phi) is 3.24. The summed E-state index contributed by atoms with van der Waals surface area (Å²) in [5.41, 5.74) is 2.27. The highest BCUT2D eigenvalue weighted by molar-refractivity contribution is 9.10. The van der Waals surface area contributed by atoms with E-state index in [1.54, 1.807) is 12.4 Å². The molecule has 0 amide bonds. The fraction of sp³-hybridized carbons (Fsp3) is 0.273. The van der Waals surface area contributed by atoms with E-state index in [9.17, 15) is 0 Å². The van der Waals surface area contributed by atoms with Crippen molar-refractivity contribution in [1.29, 1.82) is 0 Å². The molecule has 16 heavy (non-hydrogen) atoms. The van der Waals surface area contributed by atoms with E-state index in [-0.39, 0.29) is 6.04 Å². The van der Waals surface area contributed by atoms with Crippen LogP contribution in [0.5, 0.6) is 0 Å². The van der Waals surface area contributed by atoms with Gasteiger partial charge in [0.25, 0.3) is 0 Å². The number of hydrogen-bond acceptors (Lipinski definition) is 3. The van der Waals surface area contributed by atoms with E-state index in [0.717, 1.165) is 21.4 Å². The fourth-order valence-electron chi connectivity index (χ4n) is 1.43. The smallest absolute Gasteiger partial charge is 0.141 e. The van der Waals surface area contributed by atoms with Gasteiger partial charge >= 0.3 is 0 Å². The molecule has 0 bridgehead atoms. The van der Waals surface area contributed by atoms with Gasteiger partial charge in [0.15, 0.2) is 0 Å². The van der Waals surface area contributed by atoms with Gasteiger partial charge in [0.05, 0.1) is 16.7 Å². The minimum absolute atomic E-state index is 0.171. The van der Waals surface area contributed by atoms with Crippen molar-refractivity contribution in [3.63, 3.8) is 0 Å². The third-order valence-corrected chi connectivity index (χ3v) is 3.46. The van der Waals surface area contributed by atoms with Crippen LogP contribution in [-0.4, -0.2) is 15.2 Å². The Hall–Kier alpha value is -1.36. The summed E-state index contributed by atoms with van der Waals surface area (Å²) < 4.78 is 1.00. The van der Waals surface area contributed by atoms with Crippen molar-refractivity contribution in [3.8, 4) is 0 Å². The number of anilines is 1. The lowest BCUT2D eigenvalue weighted by molar-refractivity contribution is 0.873. The first-order valence-corrected chi connectivity index (χ1v) is 5.84. The van der Waals surface area contributed by atoms with E-state index >= 15 is 0 Å². The highest BCUT2D eigenvalue weighted by atomic mass is 79.9. The molecule has 4 nitrogen and oxygen atoms in total. The summed E-state index contributed by atoms with van der Waals surface area (Å²) in [6.45, 7) is 4.11. The highest BCUT2D eigenvalue weighted by Crippen LogP contribution is 2.26. The van der Waals surface area contributed by atoms with Crippen LogP contribution in [0.1, 0.15) is 24.1 Å². The van der Waals surface area contributed by atoms with Crippen LogP contribution in [0.2, 0.25) is 0 Å². The molecular formula is C11H13BrN4. The topological polar surface area (TPSA) is 53.6 Å². The molecule has 0 saturated heterocycles. The molecule has 2 aromatic rings. The van der Waals surface area contributed by atoms with Crippen LogP contribution in [0.3, 0.4) is 0 Å². The Morgan fingerprint density at radius 1 is 1.50 bits per heavy atom. The van der Waals surface area contributed by atoms with E-state index in [1.807, 2.05) is 19.2 Å². The van der Waals surface area contributed by atoms with E-state index < -0.39 is 0 Å². The average molecular weight is 281 g/mol. The monoisotopic (exact) mass is 280 g/mol. The van der Waals surface area contributed by atoms with Crippen molar-refractivity contribution < 1.29 is 0 Å². The van der Waals surface area contributed by atoms with E-state index in [4.69, 9.17) is 0 Å². The lowest BCUT2D eigenvalue weighted by atomic mass is 10.2. The lowest BCUT2D eigenvalue weighted by Gasteiger charge is -2.14. The van der Waals surface area contributed by atoms with E-state index in [2.05, 4.69) is 43.4 Å². The number of aromatic nitrogens is 3. The van der Waals surface area contributed by atoms with Crippen LogP contribution in [0.4, 0.5) is 5.82 Å². The average Bonchev–Trinajstić information content (AvgIpc) is 2.78. The normalized spacial score (nSPS) is 12.4. The van der Waals surface area contributed by atoms with Gasteiger partial charge in [0.2, 0.25) is 0 Å². The van der Waals surface area contributed by atoms with Crippen LogP contribution in [-0.2, 0) is 0 Å². The molecule has 2 heterocycles. The van der Waals surface area contributed by atoms with Gasteiger partial charge in [-0.15, -0.1) is 0 Å². The van der Waals surface area contributed by atoms with Crippen molar-refractivity contribution in [2.24, 2.45) is 0 Å². The van der Waals surface area contributed by atoms with Gasteiger partial charge in [-0.2, -0.15) is 5.10 Å². The summed E-state index contributed by atoms with van der Waals surface area (Å²) in [5.74, 6) is 0.855. The van der Waals surface area contributed by atoms with Crippen LogP contribution >= 0.6 is 15.9 Å². The van der Waals surface area contributed by atoms with Gasteiger partial charge in [-0.1, -0.05) is 0 Å². The van der Waals surface area contributed by atoms with Gasteiger partial charge in [-0.05, 0) is 41.4 Å². The second-order valence-corrected chi connectivity index (χ2v) is 4.48. The van der Waals surface area contributed by atoms with E-state index in [1.165, 1.54) is 0 Å². The summed E-state index contributed by atoms with van der Waals surface area (Å²) in [5, 5.41) is 10.1. The SMILES string of the molecule is Cc1ccnc(NC(C)c2cn[nH]c2)c1Br. The molecule has 2 aromatic heterocycles. The van der Waals surface area contributed by atoms with Gasteiger partial charge in [-0.3, -0.25) is 5.10 Å². The van der Waals surface area contributed by atoms with Crippen molar-refractivity contribution in [2.45, 2.75) is 19.9 Å². The number of H-pyrrole nitrogens is 1. The largest absolute Gasteiger partial charge is 0.362 e. The molecule has 2 rings (SSSR count). The Morgan fingerprint density at radius 3 is 3.00 bits per heavy atom. The molecule has 1 unspecified atom stereocenters. The predicted molar refractivity (Wildman–Crippen MR) is 67.3 cm³/mol. The second kappa shape index (κ2) is 4.65. The number of nitrogens with zero attached hydrogens (tertiary/aromatic N) is 2. The molecule has 0 fully saturated rings. The Balaban J connectivity index is 2.18. The van der Waals surface area contributed by atoms with Crippen LogP contribution in [0.15, 0.2) is 29.1 Å². The van der Waals surface area contributed by atoms with Crippen molar-refractivity contribution in [3.05, 3.63) is 40.3 Å². The van der Waals surface area contributed by atoms with Gasteiger partial charge in [-0.25, -0.2) is 4.98 Å². The number of aryl methyl sites for hydroxylation is 1. The molecule has 0 aliphatic carbocycles. The predicted octanol–water partition coefficient (Wildman–Crippen LogP) is 3.05. The summed E-state index contributed by atoms with van der Waals surface area (Å²) in [6, 6.07) is 2.14. The molecule has 0 saturated carbocycles. The Bertz CT molecular complexity index is 467. The molecule has 2 N–H and O–H groups in total. The maximum absolute atomic E-state index is 4.30. The van der Waals surface area contributed by atoms with Crippen molar-refractivity contribution >= 4 is 21.7 Å². The van der Waals surface area contributed by atoms with Gasteiger partial charge < -0.3 is 5.32 Å². The second-order valence-electron chi connectivity index (χ2n) is 3.69. The number of rotatable bonds is 3. The number of aromatic amines is 1. The zero-order valence-electron chi connectivity index (χ0n) is 9.16. The standard InChI is InChI=1S/C11H13BrN4/c1-7-3-4-13-11(10(7)12)16-8(2)9-5-14-15-6-9/h3-6,8H,1-2H3,(H,13,16)(H,14,15). The number of hydrogen-bond donors (Lipinski definition) is 2. The van der Waals surface area contributed by atoms with Crippen molar-refractivity contribution in [2.75, 3.05) is 5.32 Å². The van der Waals surface area contributed by atoms with Crippen LogP contribution in [0, 0.1) is 6.92 Å². The molecule has 5 heteroatoms. The fourth-order valence-corrected chi connectivity index (χ4v) is 1.78. The molecule has 0 aromatic carbocycles. The summed E-state index contributed by atoms with van der Waals surface area (Å²) in [6.07, 6.45) is 5.48. The van der Waals surface area contributed by atoms with Gasteiger partial charge in [0.1, 0.15) is 5.82 Å². The first-order valence-electron chi connectivity index (χ1n) is 5.05. The third kappa shape index (κ3) is 2.24. The molecule has 0 aliphatic rings. The summed E-state index contributed by atoms with van der Waals surface area (Å²) >= 11 is 3.52. The lowest BCUT2D eigenvalue weighted by Crippen LogP contribution is -2.08. The first-order chi connectivity index (χ1) is 7.68. The van der Waals surface area contributed by atoms with E-state index in [0.29, 0.717) is 0 Å². The third-order valence-electron chi connectivity index (χ3n) is 2.45. The number of pyridine rings is 1.